The molecule has 0 aliphatic rings. The lowest BCUT2D eigenvalue weighted by Gasteiger charge is -2.33. The third-order valence-corrected chi connectivity index (χ3v) is 12.5. The van der Waals surface area contributed by atoms with Gasteiger partial charge in [-0.15, -0.1) is 20.4 Å². The van der Waals surface area contributed by atoms with E-state index in [1.165, 1.54) is 13.8 Å². The van der Waals surface area contributed by atoms with E-state index in [2.05, 4.69) is 62.5 Å². The van der Waals surface area contributed by atoms with E-state index in [1.807, 2.05) is 0 Å². The van der Waals surface area contributed by atoms with Crippen LogP contribution in [0, 0.1) is 5.41 Å². The largest absolute Gasteiger partial charge is 0.380 e. The minimum Gasteiger partial charge on any atom is -0.380 e. The fraction of sp³-hybridized carbons (Fsp3) is 0.722. The van der Waals surface area contributed by atoms with Crippen LogP contribution in [-0.4, -0.2) is 233 Å². The van der Waals surface area contributed by atoms with E-state index in [9.17, 15) is 33.6 Å². The van der Waals surface area contributed by atoms with E-state index in [1.54, 1.807) is 56.8 Å². The first-order chi connectivity index (χ1) is 41.3. The maximum Gasteiger partial charge on any atom is 0.222 e. The number of nitrogens with zero attached hydrogens (tertiary/aromatic N) is 12. The predicted octanol–water partition coefficient (Wildman–Crippen LogP) is -0.748. The zero-order valence-electron chi connectivity index (χ0n) is 49.6. The quantitative estimate of drug-likeness (QED) is 0.0395. The number of nitrogens with one attached hydrogen (secondary N) is 4. The summed E-state index contributed by atoms with van der Waals surface area (Å²) < 4.78 is 53.8. The number of hydrogen-bond acceptors (Lipinski definition) is 23. The van der Waals surface area contributed by atoms with Crippen molar-refractivity contribution in [2.45, 2.75) is 117 Å². The summed E-state index contributed by atoms with van der Waals surface area (Å²) in [5, 5.41) is 43.1. The van der Waals surface area contributed by atoms with Crippen LogP contribution < -0.4 is 21.3 Å². The molecule has 4 N–H and O–H groups in total. The van der Waals surface area contributed by atoms with Crippen molar-refractivity contribution in [2.24, 2.45) is 5.41 Å². The topological polar surface area (TPSA) is 364 Å². The molecule has 0 radical (unpaired) electrons. The molecule has 0 aromatic carbocycles. The van der Waals surface area contributed by atoms with Gasteiger partial charge in [-0.05, 0) is 33.1 Å². The summed E-state index contributed by atoms with van der Waals surface area (Å²) >= 11 is 0. The summed E-state index contributed by atoms with van der Waals surface area (Å²) in [7, 11) is 1.58. The van der Waals surface area contributed by atoms with Gasteiger partial charge in [0.15, 0.2) is 0 Å². The molecule has 0 saturated heterocycles. The van der Waals surface area contributed by atoms with Crippen molar-refractivity contribution in [3.05, 3.63) is 48.1 Å². The van der Waals surface area contributed by atoms with Crippen molar-refractivity contribution in [1.82, 2.24) is 81.2 Å². The molecule has 0 saturated carbocycles. The lowest BCUT2D eigenvalue weighted by atomic mass is 9.92. The summed E-state index contributed by atoms with van der Waals surface area (Å²) in [6.45, 7) is 8.61. The standard InChI is InChI=1S/C54H88N16O15/c1-44(71)6-8-46-37-68(64-60-46)22-34-78-25-4-5-49(73)12-26-82-40-54(41-83-27-13-51(75)56-17-30-79-33-21-67-20-16-59-63-67,42-84-28-14-52(76)57-18-31-80-35-23-69-38-47(61-65-69)9-7-45(2)72)43-85-29-15-53(77)58-19-32-81-36-24-70-39-48(62-66-70)10-11-50(74)55-3/h16,20,37-39H,4-15,17-19,21-36,40-43H2,1-3H3,(H,55,74)(H,56,75)(H,57,76)(H,58,77). The first-order valence-corrected chi connectivity index (χ1v) is 28.9. The highest BCUT2D eigenvalue weighted by atomic mass is 16.5. The maximum absolute atomic E-state index is 13.0. The SMILES string of the molecule is CNC(=O)CCc1cn(CCOCCNC(=O)CCOCC(COCCC(=O)CCCOCCn2cc(CCC(C)=O)nn2)(COCCC(=O)NCCOCCn2ccnn2)COCCC(=O)NCCOCCn2cc(CCC(C)=O)nn2)nn1. The van der Waals surface area contributed by atoms with Gasteiger partial charge >= 0.3 is 0 Å². The predicted molar refractivity (Wildman–Crippen MR) is 301 cm³/mol. The van der Waals surface area contributed by atoms with Gasteiger partial charge in [0.2, 0.25) is 23.6 Å². The minimum atomic E-state index is -1.01. The van der Waals surface area contributed by atoms with E-state index < -0.39 is 5.41 Å². The number of hydrogen-bond donors (Lipinski definition) is 4. The average molecular weight is 1200 g/mol. The van der Waals surface area contributed by atoms with E-state index in [0.29, 0.717) is 123 Å². The van der Waals surface area contributed by atoms with Gasteiger partial charge in [0.05, 0.1) is 154 Å². The van der Waals surface area contributed by atoms with Gasteiger partial charge in [0, 0.05) is 116 Å². The van der Waals surface area contributed by atoms with Crippen LogP contribution in [0.3, 0.4) is 0 Å². The molecule has 0 spiro atoms. The second kappa shape index (κ2) is 43.7. The van der Waals surface area contributed by atoms with Gasteiger partial charge in [-0.3, -0.25) is 28.7 Å². The molecule has 31 nitrogen and oxygen atoms in total. The van der Waals surface area contributed by atoms with E-state index in [0.717, 1.165) is 11.4 Å². The molecule has 4 amide bonds. The Hall–Kier alpha value is -6.87. The van der Waals surface area contributed by atoms with Gasteiger partial charge < -0.3 is 68.8 Å². The minimum absolute atomic E-state index is 0.00140. The Morgan fingerprint density at radius 1 is 0.424 bits per heavy atom. The van der Waals surface area contributed by atoms with Crippen molar-refractivity contribution in [3.63, 3.8) is 0 Å². The summed E-state index contributed by atoms with van der Waals surface area (Å²) in [5.74, 6) is -0.701. The first-order valence-electron chi connectivity index (χ1n) is 28.9. The highest BCUT2D eigenvalue weighted by Crippen LogP contribution is 2.22. The maximum atomic E-state index is 13.0. The second-order valence-electron chi connectivity index (χ2n) is 20.0. The molecule has 1 unspecified atom stereocenters. The Morgan fingerprint density at radius 2 is 0.812 bits per heavy atom. The zero-order valence-corrected chi connectivity index (χ0v) is 49.6. The Kier molecular flexibility index (Phi) is 36.3. The summed E-state index contributed by atoms with van der Waals surface area (Å²) in [5.41, 5.74) is 1.16. The summed E-state index contributed by atoms with van der Waals surface area (Å²) in [6.07, 6.45) is 12.3. The second-order valence-corrected chi connectivity index (χ2v) is 20.0. The lowest BCUT2D eigenvalue weighted by molar-refractivity contribution is -0.129. The molecular formula is C54H88N16O15. The molecule has 4 aromatic heterocycles. The van der Waals surface area contributed by atoms with Crippen molar-refractivity contribution in [2.75, 3.05) is 132 Å². The van der Waals surface area contributed by atoms with Gasteiger partial charge in [-0.25, -0.2) is 14.0 Å². The summed E-state index contributed by atoms with van der Waals surface area (Å²) in [4.78, 5) is 85.6. The molecule has 85 heavy (non-hydrogen) atoms. The van der Waals surface area contributed by atoms with E-state index >= 15 is 0 Å². The summed E-state index contributed by atoms with van der Waals surface area (Å²) in [6, 6.07) is 0. The Morgan fingerprint density at radius 3 is 1.20 bits per heavy atom. The number of ether oxygens (including phenoxy) is 8. The van der Waals surface area contributed by atoms with Crippen LogP contribution in [0.5, 0.6) is 0 Å². The highest BCUT2D eigenvalue weighted by Gasteiger charge is 2.33. The molecule has 0 aliphatic heterocycles. The molecule has 0 fully saturated rings. The molecule has 0 bridgehead atoms. The smallest absolute Gasteiger partial charge is 0.222 e. The number of carbonyl (C=O) groups is 7. The normalized spacial score (nSPS) is 12.0. The Balaban J connectivity index is 1.25. The van der Waals surface area contributed by atoms with Crippen molar-refractivity contribution in [3.8, 4) is 0 Å². The number of ketones is 3. The number of amides is 4. The molecule has 0 aliphatic carbocycles. The molecule has 31 heteroatoms. The number of Topliss-reactive ketones (excluding diaryl/α,β-unsaturated/α-hetero) is 3. The molecule has 1 atom stereocenters. The van der Waals surface area contributed by atoms with Crippen LogP contribution in [0.25, 0.3) is 0 Å². The van der Waals surface area contributed by atoms with Gasteiger partial charge in [0.1, 0.15) is 17.3 Å². The number of rotatable bonds is 54. The third kappa shape index (κ3) is 34.6. The highest BCUT2D eigenvalue weighted by molar-refractivity contribution is 5.79. The number of aryl methyl sites for hydroxylation is 3. The molecule has 4 aromatic rings. The van der Waals surface area contributed by atoms with Crippen molar-refractivity contribution >= 4 is 41.0 Å². The van der Waals surface area contributed by atoms with Crippen LogP contribution in [0.2, 0.25) is 0 Å². The van der Waals surface area contributed by atoms with Gasteiger partial charge in [-0.1, -0.05) is 20.9 Å². The molecule has 4 rings (SSSR count). The molecule has 474 valence electrons. The zero-order chi connectivity index (χ0) is 61.0. The molecule has 4 heterocycles. The lowest BCUT2D eigenvalue weighted by Crippen LogP contribution is -2.43. The number of carbonyl (C=O) groups excluding carboxylic acids is 7. The fourth-order valence-corrected chi connectivity index (χ4v) is 7.69. The third-order valence-electron chi connectivity index (χ3n) is 12.5. The Bertz CT molecular complexity index is 2420. The van der Waals surface area contributed by atoms with Gasteiger partial charge in [0.25, 0.3) is 0 Å². The van der Waals surface area contributed by atoms with Crippen LogP contribution in [0.4, 0.5) is 0 Å². The van der Waals surface area contributed by atoms with Crippen LogP contribution in [-0.2, 0) is 117 Å². The monoisotopic (exact) mass is 1200 g/mol. The van der Waals surface area contributed by atoms with Crippen molar-refractivity contribution < 1.29 is 71.5 Å². The first kappa shape index (κ1) is 70.6. The fourth-order valence-electron chi connectivity index (χ4n) is 7.69. The molecular weight excluding hydrogens is 1110 g/mol. The van der Waals surface area contributed by atoms with E-state index in [-0.39, 0.29) is 152 Å². The van der Waals surface area contributed by atoms with Crippen LogP contribution in [0.1, 0.15) is 88.7 Å². The number of aromatic nitrogens is 12. The van der Waals surface area contributed by atoms with Gasteiger partial charge in [-0.2, -0.15) is 0 Å². The average Bonchev–Trinajstić information content (AvgIpc) is 4.51. The van der Waals surface area contributed by atoms with E-state index in [4.69, 9.17) is 37.9 Å². The van der Waals surface area contributed by atoms with Crippen molar-refractivity contribution in [1.29, 1.82) is 0 Å². The Labute approximate surface area is 495 Å². The van der Waals surface area contributed by atoms with Crippen LogP contribution >= 0.6 is 0 Å². The van der Waals surface area contributed by atoms with Crippen LogP contribution in [0.15, 0.2) is 31.0 Å².